The fourth-order valence-corrected chi connectivity index (χ4v) is 1.84. The minimum absolute atomic E-state index is 0.0520. The van der Waals surface area contributed by atoms with E-state index in [2.05, 4.69) is 0 Å². The van der Waals surface area contributed by atoms with Crippen molar-refractivity contribution in [3.63, 3.8) is 0 Å². The molecule has 2 rings (SSSR count). The van der Waals surface area contributed by atoms with Crippen LogP contribution in [0.15, 0.2) is 24.3 Å². The molecule has 0 radical (unpaired) electrons. The third kappa shape index (κ3) is 0.886. The van der Waals surface area contributed by atoms with Crippen LogP contribution >= 0.6 is 0 Å². The number of aliphatic hydroxyl groups excluding tert-OH is 2. The summed E-state index contributed by atoms with van der Waals surface area (Å²) in [5.74, 6) is 0.0520. The second-order valence-corrected chi connectivity index (χ2v) is 3.35. The minimum Gasteiger partial charge on any atom is -0.389 e. The van der Waals surface area contributed by atoms with Crippen molar-refractivity contribution in [2.45, 2.75) is 25.0 Å². The Bertz CT molecular complexity index is 267. The molecule has 2 nitrogen and oxygen atoms in total. The van der Waals surface area contributed by atoms with Crippen molar-refractivity contribution in [1.82, 2.24) is 0 Å². The highest BCUT2D eigenvalue weighted by Gasteiger charge is 2.35. The van der Waals surface area contributed by atoms with Gasteiger partial charge in [-0.2, -0.15) is 0 Å². The molecule has 2 heteroatoms. The molecule has 0 saturated heterocycles. The number of benzene rings is 1. The normalized spacial score (nSPS) is 33.4. The first-order chi connectivity index (χ1) is 5.72. The number of rotatable bonds is 0. The second kappa shape index (κ2) is 2.57. The van der Waals surface area contributed by atoms with Crippen LogP contribution in [0.25, 0.3) is 0 Å². The van der Waals surface area contributed by atoms with E-state index in [4.69, 9.17) is 0 Å². The van der Waals surface area contributed by atoms with Gasteiger partial charge in [-0.1, -0.05) is 31.2 Å². The zero-order chi connectivity index (χ0) is 8.72. The molecule has 1 aromatic carbocycles. The Morgan fingerprint density at radius 1 is 1.08 bits per heavy atom. The van der Waals surface area contributed by atoms with Crippen LogP contribution in [-0.4, -0.2) is 16.3 Å². The van der Waals surface area contributed by atoms with Gasteiger partial charge in [0.25, 0.3) is 0 Å². The van der Waals surface area contributed by atoms with E-state index in [1.165, 1.54) is 0 Å². The monoisotopic (exact) mass is 164 g/mol. The maximum absolute atomic E-state index is 9.57. The van der Waals surface area contributed by atoms with Gasteiger partial charge in [0, 0.05) is 5.92 Å². The third-order valence-corrected chi connectivity index (χ3v) is 2.64. The Labute approximate surface area is 71.5 Å². The molecular weight excluding hydrogens is 152 g/mol. The number of hydrogen-bond donors (Lipinski definition) is 2. The predicted octanol–water partition coefficient (Wildman–Crippen LogP) is 1.20. The molecule has 1 aliphatic rings. The molecule has 3 atom stereocenters. The first-order valence-corrected chi connectivity index (χ1v) is 4.17. The molecule has 0 fully saturated rings. The molecule has 0 aromatic heterocycles. The molecule has 12 heavy (non-hydrogen) atoms. The molecule has 1 aromatic rings. The van der Waals surface area contributed by atoms with Crippen molar-refractivity contribution in [1.29, 1.82) is 0 Å². The van der Waals surface area contributed by atoms with Crippen LogP contribution in [0.4, 0.5) is 0 Å². The topological polar surface area (TPSA) is 40.5 Å². The van der Waals surface area contributed by atoms with E-state index in [9.17, 15) is 10.2 Å². The van der Waals surface area contributed by atoms with Crippen LogP contribution in [0.3, 0.4) is 0 Å². The molecule has 1 aliphatic carbocycles. The first-order valence-electron chi connectivity index (χ1n) is 4.17. The van der Waals surface area contributed by atoms with Gasteiger partial charge in [0.15, 0.2) is 0 Å². The van der Waals surface area contributed by atoms with E-state index in [1.54, 1.807) is 0 Å². The van der Waals surface area contributed by atoms with Crippen molar-refractivity contribution < 1.29 is 10.2 Å². The Kier molecular flexibility index (Phi) is 1.67. The van der Waals surface area contributed by atoms with Crippen molar-refractivity contribution in [2.75, 3.05) is 0 Å². The zero-order valence-corrected chi connectivity index (χ0v) is 6.94. The van der Waals surface area contributed by atoms with Gasteiger partial charge in [-0.25, -0.2) is 0 Å². The molecule has 2 N–H and O–H groups in total. The van der Waals surface area contributed by atoms with Crippen LogP contribution in [0.5, 0.6) is 0 Å². The summed E-state index contributed by atoms with van der Waals surface area (Å²) >= 11 is 0. The number of aliphatic hydroxyl groups is 2. The van der Waals surface area contributed by atoms with E-state index < -0.39 is 12.2 Å². The van der Waals surface area contributed by atoms with Crippen molar-refractivity contribution in [3.8, 4) is 0 Å². The summed E-state index contributed by atoms with van der Waals surface area (Å²) in [5, 5.41) is 19.1. The fourth-order valence-electron chi connectivity index (χ4n) is 1.84. The lowest BCUT2D eigenvalue weighted by Crippen LogP contribution is -2.15. The highest BCUT2D eigenvalue weighted by atomic mass is 16.3. The molecule has 0 amide bonds. The molecule has 0 aliphatic heterocycles. The highest BCUT2D eigenvalue weighted by molar-refractivity contribution is 5.38. The van der Waals surface area contributed by atoms with E-state index >= 15 is 0 Å². The van der Waals surface area contributed by atoms with E-state index in [-0.39, 0.29) is 5.92 Å². The summed E-state index contributed by atoms with van der Waals surface area (Å²) in [7, 11) is 0. The van der Waals surface area contributed by atoms with Crippen molar-refractivity contribution >= 4 is 0 Å². The minimum atomic E-state index is -0.698. The summed E-state index contributed by atoms with van der Waals surface area (Å²) < 4.78 is 0. The second-order valence-electron chi connectivity index (χ2n) is 3.35. The van der Waals surface area contributed by atoms with Gasteiger partial charge < -0.3 is 10.2 Å². The lowest BCUT2D eigenvalue weighted by Gasteiger charge is -2.11. The Balaban J connectivity index is 2.52. The van der Waals surface area contributed by atoms with Crippen LogP contribution in [0.2, 0.25) is 0 Å². The lowest BCUT2D eigenvalue weighted by atomic mass is 10.0. The van der Waals surface area contributed by atoms with Crippen LogP contribution in [-0.2, 0) is 0 Å². The standard InChI is InChI=1S/C10H12O2/c1-6-7-4-2-3-5-8(7)10(12)9(6)11/h2-6,9-12H,1H3/t6-,9+,10+/m1/s1. The highest BCUT2D eigenvalue weighted by Crippen LogP contribution is 2.39. The van der Waals surface area contributed by atoms with Gasteiger partial charge in [0.2, 0.25) is 0 Å². The SMILES string of the molecule is C[C@@H]1c2ccccc2[C@H](O)[C@H]1O. The van der Waals surface area contributed by atoms with Gasteiger partial charge in [-0.3, -0.25) is 0 Å². The zero-order valence-electron chi connectivity index (χ0n) is 6.94. The fraction of sp³-hybridized carbons (Fsp3) is 0.400. The maximum Gasteiger partial charge on any atom is 0.106 e. The molecular formula is C10H12O2. The van der Waals surface area contributed by atoms with E-state index in [0.29, 0.717) is 0 Å². The van der Waals surface area contributed by atoms with Gasteiger partial charge in [-0.15, -0.1) is 0 Å². The van der Waals surface area contributed by atoms with Crippen LogP contribution in [0, 0.1) is 0 Å². The van der Waals surface area contributed by atoms with E-state index in [0.717, 1.165) is 11.1 Å². The molecule has 0 unspecified atom stereocenters. The van der Waals surface area contributed by atoms with Gasteiger partial charge >= 0.3 is 0 Å². The predicted molar refractivity (Wildman–Crippen MR) is 45.8 cm³/mol. The average Bonchev–Trinajstić information content (AvgIpc) is 2.33. The lowest BCUT2D eigenvalue weighted by molar-refractivity contribution is 0.0202. The summed E-state index contributed by atoms with van der Waals surface area (Å²) in [6.07, 6.45) is -1.33. The first kappa shape index (κ1) is 7.77. The Morgan fingerprint density at radius 2 is 1.67 bits per heavy atom. The van der Waals surface area contributed by atoms with Gasteiger partial charge in [0.1, 0.15) is 6.10 Å². The number of fused-ring (bicyclic) bond motifs is 1. The quantitative estimate of drug-likeness (QED) is 0.604. The van der Waals surface area contributed by atoms with Crippen molar-refractivity contribution in [3.05, 3.63) is 35.4 Å². The summed E-state index contributed by atoms with van der Waals surface area (Å²) in [6.45, 7) is 1.93. The van der Waals surface area contributed by atoms with Crippen LogP contribution in [0.1, 0.15) is 30.1 Å². The Hall–Kier alpha value is -0.860. The van der Waals surface area contributed by atoms with Crippen LogP contribution < -0.4 is 0 Å². The number of hydrogen-bond acceptors (Lipinski definition) is 2. The molecule has 0 heterocycles. The summed E-state index contributed by atoms with van der Waals surface area (Å²) in [5.41, 5.74) is 1.94. The largest absolute Gasteiger partial charge is 0.389 e. The van der Waals surface area contributed by atoms with Crippen molar-refractivity contribution in [2.24, 2.45) is 0 Å². The molecule has 0 spiro atoms. The third-order valence-electron chi connectivity index (χ3n) is 2.64. The summed E-state index contributed by atoms with van der Waals surface area (Å²) in [6, 6.07) is 7.64. The Morgan fingerprint density at radius 3 is 2.25 bits per heavy atom. The molecule has 0 bridgehead atoms. The van der Waals surface area contributed by atoms with E-state index in [1.807, 2.05) is 31.2 Å². The summed E-state index contributed by atoms with van der Waals surface area (Å²) in [4.78, 5) is 0. The van der Waals surface area contributed by atoms with Gasteiger partial charge in [0.05, 0.1) is 6.10 Å². The maximum atomic E-state index is 9.57. The smallest absolute Gasteiger partial charge is 0.106 e. The van der Waals surface area contributed by atoms with Gasteiger partial charge in [-0.05, 0) is 11.1 Å². The average molecular weight is 164 g/mol. The molecule has 0 saturated carbocycles. The molecule has 64 valence electrons.